The third-order valence-electron chi connectivity index (χ3n) is 3.24. The number of furan rings is 1. The van der Waals surface area contributed by atoms with Crippen LogP contribution >= 0.6 is 0 Å². The van der Waals surface area contributed by atoms with Crippen LogP contribution in [0.5, 0.6) is 0 Å². The summed E-state index contributed by atoms with van der Waals surface area (Å²) in [5.74, 6) is 1.31. The number of anilines is 1. The van der Waals surface area contributed by atoms with Gasteiger partial charge >= 0.3 is 0 Å². The number of nitrogen functional groups attached to an aromatic ring is 1. The average molecular weight is 277 g/mol. The summed E-state index contributed by atoms with van der Waals surface area (Å²) in [5.41, 5.74) is 8.07. The molecule has 1 aromatic carbocycles. The van der Waals surface area contributed by atoms with Crippen LogP contribution in [0.3, 0.4) is 0 Å². The highest BCUT2D eigenvalue weighted by Gasteiger charge is 2.10. The molecule has 0 unspecified atom stereocenters. The maximum atomic E-state index is 5.68. The van der Waals surface area contributed by atoms with E-state index in [4.69, 9.17) is 10.2 Å². The van der Waals surface area contributed by atoms with Gasteiger partial charge in [-0.05, 0) is 36.4 Å². The number of nitrogens with zero attached hydrogens (tertiary/aromatic N) is 4. The molecule has 0 aliphatic carbocycles. The molecule has 0 atom stereocenters. The van der Waals surface area contributed by atoms with Crippen molar-refractivity contribution in [3.63, 3.8) is 0 Å². The number of pyridine rings is 1. The Kier molecular flexibility index (Phi) is 2.47. The van der Waals surface area contributed by atoms with E-state index < -0.39 is 0 Å². The molecule has 0 amide bonds. The molecule has 4 aromatic rings. The van der Waals surface area contributed by atoms with Gasteiger partial charge < -0.3 is 10.2 Å². The molecular formula is C15H11N5O. The lowest BCUT2D eigenvalue weighted by Crippen LogP contribution is -1.98. The van der Waals surface area contributed by atoms with Gasteiger partial charge in [-0.3, -0.25) is 0 Å². The monoisotopic (exact) mass is 277 g/mol. The molecule has 0 aliphatic rings. The predicted octanol–water partition coefficient (Wildman–Crippen LogP) is 2.66. The highest BCUT2D eigenvalue weighted by atomic mass is 16.3. The Morgan fingerprint density at radius 1 is 1.00 bits per heavy atom. The van der Waals surface area contributed by atoms with Crippen molar-refractivity contribution in [3.8, 4) is 17.2 Å². The Morgan fingerprint density at radius 2 is 1.86 bits per heavy atom. The summed E-state index contributed by atoms with van der Waals surface area (Å²) in [6.45, 7) is 0. The van der Waals surface area contributed by atoms with Gasteiger partial charge in [0.2, 0.25) is 0 Å². The lowest BCUT2D eigenvalue weighted by Gasteiger charge is -2.00. The van der Waals surface area contributed by atoms with Crippen LogP contribution in [0.1, 0.15) is 0 Å². The van der Waals surface area contributed by atoms with E-state index in [1.165, 1.54) is 0 Å². The fourth-order valence-electron chi connectivity index (χ4n) is 2.19. The van der Waals surface area contributed by atoms with E-state index in [1.54, 1.807) is 23.5 Å². The molecule has 0 radical (unpaired) electrons. The number of hydrogen-bond donors (Lipinski definition) is 1. The highest BCUT2D eigenvalue weighted by Crippen LogP contribution is 2.22. The van der Waals surface area contributed by atoms with Crippen LogP contribution in [0.15, 0.2) is 59.6 Å². The third kappa shape index (κ3) is 1.93. The van der Waals surface area contributed by atoms with Crippen molar-refractivity contribution in [2.45, 2.75) is 0 Å². The fraction of sp³-hybridized carbons (Fsp3) is 0. The topological polar surface area (TPSA) is 82.8 Å². The van der Waals surface area contributed by atoms with E-state index in [2.05, 4.69) is 15.1 Å². The number of fused-ring (bicyclic) bond motifs is 1. The van der Waals surface area contributed by atoms with Gasteiger partial charge in [0.15, 0.2) is 11.6 Å². The minimum atomic E-state index is 0.622. The third-order valence-corrected chi connectivity index (χ3v) is 3.24. The summed E-state index contributed by atoms with van der Waals surface area (Å²) < 4.78 is 7.01. The number of hydrogen-bond acceptors (Lipinski definition) is 5. The summed E-state index contributed by atoms with van der Waals surface area (Å²) in [6.07, 6.45) is 4.96. The van der Waals surface area contributed by atoms with Crippen LogP contribution in [0, 0.1) is 0 Å². The first-order chi connectivity index (χ1) is 10.3. The predicted molar refractivity (Wildman–Crippen MR) is 78.8 cm³/mol. The molecule has 0 saturated carbocycles. The van der Waals surface area contributed by atoms with Crippen molar-refractivity contribution in [2.24, 2.45) is 0 Å². The van der Waals surface area contributed by atoms with Crippen molar-refractivity contribution in [2.75, 3.05) is 5.73 Å². The number of aromatic nitrogens is 4. The molecule has 0 fully saturated rings. The van der Waals surface area contributed by atoms with Crippen molar-refractivity contribution in [1.82, 2.24) is 19.7 Å². The molecule has 3 heterocycles. The summed E-state index contributed by atoms with van der Waals surface area (Å²) in [4.78, 5) is 8.68. The van der Waals surface area contributed by atoms with E-state index in [9.17, 15) is 0 Å². The van der Waals surface area contributed by atoms with Crippen LogP contribution in [0.2, 0.25) is 0 Å². The largest absolute Gasteiger partial charge is 0.464 e. The fourth-order valence-corrected chi connectivity index (χ4v) is 2.19. The standard InChI is InChI=1S/C15H11N5O/c16-11-3-1-10(2-4-11)14-18-9-20(19-14)15-12-6-8-21-13(12)5-7-17-15/h1-9H,16H2. The number of nitrogens with two attached hydrogens (primary N) is 1. The second kappa shape index (κ2) is 4.45. The molecule has 102 valence electrons. The van der Waals surface area contributed by atoms with Crippen molar-refractivity contribution in [3.05, 3.63) is 55.2 Å². The van der Waals surface area contributed by atoms with Gasteiger partial charge in [0.1, 0.15) is 11.9 Å². The summed E-state index contributed by atoms with van der Waals surface area (Å²) in [6, 6.07) is 11.1. The van der Waals surface area contributed by atoms with Gasteiger partial charge in [-0.2, -0.15) is 0 Å². The highest BCUT2D eigenvalue weighted by molar-refractivity contribution is 5.83. The zero-order chi connectivity index (χ0) is 14.2. The molecule has 0 saturated heterocycles. The average Bonchev–Trinajstić information content (AvgIpc) is 3.16. The van der Waals surface area contributed by atoms with Crippen molar-refractivity contribution >= 4 is 16.7 Å². The van der Waals surface area contributed by atoms with Gasteiger partial charge in [-0.25, -0.2) is 14.6 Å². The zero-order valence-electron chi connectivity index (χ0n) is 11.0. The molecule has 0 spiro atoms. The Hall–Kier alpha value is -3.15. The lowest BCUT2D eigenvalue weighted by atomic mass is 10.2. The lowest BCUT2D eigenvalue weighted by molar-refractivity contribution is 0.615. The van der Waals surface area contributed by atoms with E-state index in [1.807, 2.05) is 36.4 Å². The summed E-state index contributed by atoms with van der Waals surface area (Å²) in [7, 11) is 0. The summed E-state index contributed by atoms with van der Waals surface area (Å²) >= 11 is 0. The molecular weight excluding hydrogens is 266 g/mol. The quantitative estimate of drug-likeness (QED) is 0.569. The zero-order valence-corrected chi connectivity index (χ0v) is 11.0. The number of rotatable bonds is 2. The van der Waals surface area contributed by atoms with E-state index in [-0.39, 0.29) is 0 Å². The van der Waals surface area contributed by atoms with Gasteiger partial charge in [-0.1, -0.05) is 0 Å². The Morgan fingerprint density at radius 3 is 2.71 bits per heavy atom. The minimum absolute atomic E-state index is 0.622. The van der Waals surface area contributed by atoms with Gasteiger partial charge in [-0.15, -0.1) is 5.10 Å². The van der Waals surface area contributed by atoms with Crippen LogP contribution in [-0.4, -0.2) is 19.7 Å². The SMILES string of the molecule is Nc1ccc(-c2ncn(-c3nccc4occc34)n2)cc1. The molecule has 4 rings (SSSR count). The van der Waals surface area contributed by atoms with E-state index >= 15 is 0 Å². The molecule has 6 heteroatoms. The minimum Gasteiger partial charge on any atom is -0.464 e. The molecule has 6 nitrogen and oxygen atoms in total. The van der Waals surface area contributed by atoms with E-state index in [0.717, 1.165) is 16.5 Å². The second-order valence-electron chi connectivity index (χ2n) is 4.60. The molecule has 21 heavy (non-hydrogen) atoms. The van der Waals surface area contributed by atoms with E-state index in [0.29, 0.717) is 17.3 Å². The molecule has 0 bridgehead atoms. The Bertz CT molecular complexity index is 907. The Labute approximate surface area is 119 Å². The van der Waals surface area contributed by atoms with Crippen molar-refractivity contribution < 1.29 is 4.42 Å². The van der Waals surface area contributed by atoms with Gasteiger partial charge in [0.05, 0.1) is 11.6 Å². The molecule has 0 aliphatic heterocycles. The maximum absolute atomic E-state index is 5.68. The number of benzene rings is 1. The van der Waals surface area contributed by atoms with Crippen molar-refractivity contribution in [1.29, 1.82) is 0 Å². The maximum Gasteiger partial charge on any atom is 0.181 e. The second-order valence-corrected chi connectivity index (χ2v) is 4.60. The van der Waals surface area contributed by atoms with Crippen LogP contribution in [-0.2, 0) is 0 Å². The first kappa shape index (κ1) is 11.7. The normalized spacial score (nSPS) is 11.0. The summed E-state index contributed by atoms with van der Waals surface area (Å²) in [5, 5.41) is 5.37. The van der Waals surface area contributed by atoms with Gasteiger partial charge in [0, 0.05) is 17.4 Å². The molecule has 3 aromatic heterocycles. The first-order valence-corrected chi connectivity index (χ1v) is 6.41. The smallest absolute Gasteiger partial charge is 0.181 e. The van der Waals surface area contributed by atoms with Crippen LogP contribution < -0.4 is 5.73 Å². The first-order valence-electron chi connectivity index (χ1n) is 6.41. The Balaban J connectivity index is 1.81. The molecule has 2 N–H and O–H groups in total. The van der Waals surface area contributed by atoms with Crippen LogP contribution in [0.4, 0.5) is 5.69 Å². The van der Waals surface area contributed by atoms with Gasteiger partial charge in [0.25, 0.3) is 0 Å². The van der Waals surface area contributed by atoms with Crippen LogP contribution in [0.25, 0.3) is 28.2 Å².